The number of thiazole rings is 1. The number of nitro benzene ring substituents is 1. The van der Waals surface area contributed by atoms with Crippen LogP contribution in [0.2, 0.25) is 0 Å². The minimum absolute atomic E-state index is 0.0843. The first-order valence-electron chi connectivity index (χ1n) is 9.14. The van der Waals surface area contributed by atoms with E-state index in [0.717, 1.165) is 18.1 Å². The highest BCUT2D eigenvalue weighted by Gasteiger charge is 2.19. The fourth-order valence-electron chi connectivity index (χ4n) is 2.74. The number of hydrogen-bond acceptors (Lipinski definition) is 7. The summed E-state index contributed by atoms with van der Waals surface area (Å²) in [5.74, 6) is -0.874. The number of rotatable bonds is 7. The first-order valence-corrected chi connectivity index (χ1v) is 10.0. The van der Waals surface area contributed by atoms with Gasteiger partial charge in [-0.2, -0.15) is 0 Å². The van der Waals surface area contributed by atoms with E-state index in [1.165, 1.54) is 41.4 Å². The second kappa shape index (κ2) is 9.27. The average molecular weight is 425 g/mol. The number of carbonyl (C=O) groups is 2. The Morgan fingerprint density at radius 1 is 1.20 bits per heavy atom. The Kier molecular flexibility index (Phi) is 6.53. The monoisotopic (exact) mass is 425 g/mol. The van der Waals surface area contributed by atoms with Gasteiger partial charge in [0.25, 0.3) is 5.69 Å². The quantitative estimate of drug-likeness (QED) is 0.310. The number of nitrogens with zero attached hydrogens (tertiary/aromatic N) is 3. The molecule has 3 aromatic rings. The molecule has 0 radical (unpaired) electrons. The van der Waals surface area contributed by atoms with Crippen molar-refractivity contribution < 1.29 is 19.2 Å². The van der Waals surface area contributed by atoms with Gasteiger partial charge in [-0.25, -0.2) is 9.78 Å². The van der Waals surface area contributed by atoms with Crippen molar-refractivity contribution in [3.05, 3.63) is 80.8 Å². The van der Waals surface area contributed by atoms with Crippen molar-refractivity contribution in [2.75, 3.05) is 4.90 Å². The molecule has 1 heterocycles. The fraction of sp³-hybridized carbons (Fsp3) is 0.190. The molecule has 0 fully saturated rings. The number of ether oxygens (including phenoxy) is 1. The number of nitro groups is 1. The fourth-order valence-corrected chi connectivity index (χ4v) is 3.61. The summed E-state index contributed by atoms with van der Waals surface area (Å²) in [6.07, 6.45) is 0.900. The normalized spacial score (nSPS) is 10.5. The lowest BCUT2D eigenvalue weighted by Crippen LogP contribution is -2.22. The number of amides is 1. The molecule has 3 rings (SSSR count). The summed E-state index contributed by atoms with van der Waals surface area (Å²) in [5, 5.41) is 13.0. The lowest BCUT2D eigenvalue weighted by atomic mass is 10.1. The predicted molar refractivity (Wildman–Crippen MR) is 113 cm³/mol. The molecular weight excluding hydrogens is 406 g/mol. The maximum atomic E-state index is 12.2. The Hall–Kier alpha value is -3.59. The van der Waals surface area contributed by atoms with Crippen LogP contribution in [0.3, 0.4) is 0 Å². The third-order valence-corrected chi connectivity index (χ3v) is 5.17. The summed E-state index contributed by atoms with van der Waals surface area (Å²) in [5.41, 5.74) is 2.24. The smallest absolute Gasteiger partial charge is 0.338 e. The van der Waals surface area contributed by atoms with Gasteiger partial charge < -0.3 is 4.74 Å². The van der Waals surface area contributed by atoms with Crippen LogP contribution < -0.4 is 4.90 Å². The van der Waals surface area contributed by atoms with Crippen molar-refractivity contribution >= 4 is 39.7 Å². The Morgan fingerprint density at radius 3 is 2.57 bits per heavy atom. The molecule has 0 saturated carbocycles. The highest BCUT2D eigenvalue weighted by molar-refractivity contribution is 7.14. The van der Waals surface area contributed by atoms with E-state index in [4.69, 9.17) is 4.74 Å². The summed E-state index contributed by atoms with van der Waals surface area (Å²) in [7, 11) is 0. The number of benzene rings is 2. The van der Waals surface area contributed by atoms with Crippen LogP contribution in [0.5, 0.6) is 0 Å². The zero-order valence-electron chi connectivity index (χ0n) is 16.4. The summed E-state index contributed by atoms with van der Waals surface area (Å²) >= 11 is 1.26. The SMILES string of the molecule is CCc1ccc(N(C(C)=O)c2nc(COC(=O)c3cccc([N+](=O)[O-])c3)cs2)cc1. The van der Waals surface area contributed by atoms with Gasteiger partial charge in [-0.3, -0.25) is 19.8 Å². The van der Waals surface area contributed by atoms with Gasteiger partial charge in [0.15, 0.2) is 5.13 Å². The van der Waals surface area contributed by atoms with Crippen LogP contribution >= 0.6 is 11.3 Å². The third-order valence-electron chi connectivity index (χ3n) is 4.29. The maximum Gasteiger partial charge on any atom is 0.338 e. The molecule has 0 spiro atoms. The van der Waals surface area contributed by atoms with Gasteiger partial charge in [0.2, 0.25) is 5.91 Å². The minimum atomic E-state index is -0.688. The Bertz CT molecular complexity index is 1080. The molecule has 30 heavy (non-hydrogen) atoms. The van der Waals surface area contributed by atoms with Gasteiger partial charge in [0, 0.05) is 24.4 Å². The molecular formula is C21H19N3O5S. The summed E-state index contributed by atoms with van der Waals surface area (Å²) in [4.78, 5) is 40.6. The second-order valence-electron chi connectivity index (χ2n) is 6.38. The van der Waals surface area contributed by atoms with Gasteiger partial charge in [-0.1, -0.05) is 25.1 Å². The zero-order valence-corrected chi connectivity index (χ0v) is 17.2. The van der Waals surface area contributed by atoms with Crippen molar-refractivity contribution in [1.82, 2.24) is 4.98 Å². The van der Waals surface area contributed by atoms with Crippen LogP contribution in [-0.2, 0) is 22.6 Å². The van der Waals surface area contributed by atoms with E-state index in [1.807, 2.05) is 24.3 Å². The van der Waals surface area contributed by atoms with E-state index in [2.05, 4.69) is 11.9 Å². The Morgan fingerprint density at radius 2 is 1.93 bits per heavy atom. The molecule has 8 nitrogen and oxygen atoms in total. The highest BCUT2D eigenvalue weighted by Crippen LogP contribution is 2.29. The standard InChI is InChI=1S/C21H19N3O5S/c1-3-15-7-9-18(10-8-15)23(14(2)25)21-22-17(13-30-21)12-29-20(26)16-5-4-6-19(11-16)24(27)28/h4-11,13H,3,12H2,1-2H3. The summed E-state index contributed by atoms with van der Waals surface area (Å²) in [6.45, 7) is 3.40. The van der Waals surface area contributed by atoms with Gasteiger partial charge in [0.1, 0.15) is 6.61 Å². The lowest BCUT2D eigenvalue weighted by Gasteiger charge is -2.18. The van der Waals surface area contributed by atoms with E-state index in [-0.39, 0.29) is 23.8 Å². The van der Waals surface area contributed by atoms with Gasteiger partial charge in [0.05, 0.1) is 21.9 Å². The van der Waals surface area contributed by atoms with Crippen molar-refractivity contribution in [1.29, 1.82) is 0 Å². The Labute approximate surface area is 176 Å². The average Bonchev–Trinajstić information content (AvgIpc) is 3.20. The van der Waals surface area contributed by atoms with E-state index in [9.17, 15) is 19.7 Å². The second-order valence-corrected chi connectivity index (χ2v) is 7.22. The third kappa shape index (κ3) is 4.87. The van der Waals surface area contributed by atoms with E-state index in [0.29, 0.717) is 16.5 Å². The predicted octanol–water partition coefficient (Wildman–Crippen LogP) is 4.66. The van der Waals surface area contributed by atoms with Crippen LogP contribution in [0.25, 0.3) is 0 Å². The molecule has 0 aliphatic heterocycles. The molecule has 0 aliphatic carbocycles. The number of non-ortho nitro benzene ring substituents is 1. The number of aromatic nitrogens is 1. The maximum absolute atomic E-state index is 12.2. The van der Waals surface area contributed by atoms with Crippen molar-refractivity contribution in [2.24, 2.45) is 0 Å². The van der Waals surface area contributed by atoms with E-state index in [1.54, 1.807) is 5.38 Å². The molecule has 0 unspecified atom stereocenters. The van der Waals surface area contributed by atoms with Crippen LogP contribution in [0, 0.1) is 10.1 Å². The van der Waals surface area contributed by atoms with Crippen LogP contribution in [0.4, 0.5) is 16.5 Å². The molecule has 0 atom stereocenters. The summed E-state index contributed by atoms with van der Waals surface area (Å²) in [6, 6.07) is 13.0. The first-order chi connectivity index (χ1) is 14.4. The zero-order chi connectivity index (χ0) is 21.7. The molecule has 9 heteroatoms. The Balaban J connectivity index is 1.71. The van der Waals surface area contributed by atoms with Crippen LogP contribution in [0.1, 0.15) is 35.5 Å². The molecule has 0 aliphatic rings. The van der Waals surface area contributed by atoms with Crippen LogP contribution in [-0.4, -0.2) is 21.8 Å². The summed E-state index contributed by atoms with van der Waals surface area (Å²) < 4.78 is 5.22. The first kappa shape index (κ1) is 21.1. The number of anilines is 2. The largest absolute Gasteiger partial charge is 0.456 e. The number of carbonyl (C=O) groups excluding carboxylic acids is 2. The van der Waals surface area contributed by atoms with Crippen molar-refractivity contribution in [3.8, 4) is 0 Å². The minimum Gasteiger partial charge on any atom is -0.456 e. The van der Waals surface area contributed by atoms with Gasteiger partial charge >= 0.3 is 5.97 Å². The molecule has 1 aromatic heterocycles. The molecule has 154 valence electrons. The van der Waals surface area contributed by atoms with Crippen LogP contribution in [0.15, 0.2) is 53.9 Å². The molecule has 2 aromatic carbocycles. The van der Waals surface area contributed by atoms with E-state index < -0.39 is 10.9 Å². The molecule has 0 bridgehead atoms. The van der Waals surface area contributed by atoms with Gasteiger partial charge in [-0.15, -0.1) is 11.3 Å². The highest BCUT2D eigenvalue weighted by atomic mass is 32.1. The number of hydrogen-bond donors (Lipinski definition) is 0. The lowest BCUT2D eigenvalue weighted by molar-refractivity contribution is -0.384. The number of esters is 1. The van der Waals surface area contributed by atoms with Crippen molar-refractivity contribution in [2.45, 2.75) is 26.9 Å². The molecule has 0 N–H and O–H groups in total. The topological polar surface area (TPSA) is 103 Å². The molecule has 1 amide bonds. The van der Waals surface area contributed by atoms with Crippen molar-refractivity contribution in [3.63, 3.8) is 0 Å². The molecule has 0 saturated heterocycles. The van der Waals surface area contributed by atoms with E-state index >= 15 is 0 Å². The number of aryl methyl sites for hydroxylation is 1. The van der Waals surface area contributed by atoms with Gasteiger partial charge in [-0.05, 0) is 30.2 Å².